The van der Waals surface area contributed by atoms with Gasteiger partial charge in [-0.2, -0.15) is 22.0 Å². The second-order valence-electron chi connectivity index (χ2n) is 8.20. The van der Waals surface area contributed by atoms with Gasteiger partial charge in [-0.05, 0) is 61.4 Å². The van der Waals surface area contributed by atoms with E-state index in [1.54, 1.807) is 0 Å². The van der Waals surface area contributed by atoms with Gasteiger partial charge in [0.1, 0.15) is 5.82 Å². The van der Waals surface area contributed by atoms with Gasteiger partial charge in [-0.15, -0.1) is 0 Å². The van der Waals surface area contributed by atoms with Gasteiger partial charge in [0, 0.05) is 5.56 Å². The summed E-state index contributed by atoms with van der Waals surface area (Å²) in [6, 6.07) is 6.24. The third-order valence-electron chi connectivity index (χ3n) is 5.97. The van der Waals surface area contributed by atoms with E-state index in [1.165, 1.54) is 32.0 Å². The van der Waals surface area contributed by atoms with Crippen LogP contribution in [-0.2, 0) is 25.5 Å². The molecule has 0 unspecified atom stereocenters. The molecular weight excluding hydrogens is 481 g/mol. The summed E-state index contributed by atoms with van der Waals surface area (Å²) in [6.07, 6.45) is -1.12. The lowest BCUT2D eigenvalue weighted by molar-refractivity contribution is -0.139. The van der Waals surface area contributed by atoms with Gasteiger partial charge in [0.25, 0.3) is 0 Å². The Bertz CT molecular complexity index is 1040. The largest absolute Gasteiger partial charge is 0.419 e. The standard InChI is InChI=1S/C24H27F6O3P/c1-3-32-34(31,33-4-2)24(29,30)20-12-10-17(14-19(20)16-8-6-5-7-9-16)18-11-13-22(25)21(15-18)23(26,27)28/h10-16H,3-9H2,1-2H3. The van der Waals surface area contributed by atoms with E-state index in [-0.39, 0.29) is 35.8 Å². The lowest BCUT2D eigenvalue weighted by Gasteiger charge is -2.31. The zero-order chi connectivity index (χ0) is 25.1. The fourth-order valence-electron chi connectivity index (χ4n) is 4.38. The molecule has 188 valence electrons. The molecule has 0 amide bonds. The van der Waals surface area contributed by atoms with Crippen LogP contribution in [0.4, 0.5) is 26.3 Å². The van der Waals surface area contributed by atoms with Crippen molar-refractivity contribution >= 4 is 7.60 Å². The highest BCUT2D eigenvalue weighted by Gasteiger charge is 2.56. The van der Waals surface area contributed by atoms with Crippen molar-refractivity contribution in [1.82, 2.24) is 0 Å². The first-order valence-corrected chi connectivity index (χ1v) is 12.8. The smallest absolute Gasteiger partial charge is 0.304 e. The molecule has 1 aliphatic rings. The molecule has 0 aromatic heterocycles. The Balaban J connectivity index is 2.17. The van der Waals surface area contributed by atoms with Crippen LogP contribution in [0.5, 0.6) is 0 Å². The molecule has 0 heterocycles. The minimum Gasteiger partial charge on any atom is -0.304 e. The Hall–Kier alpha value is -1.83. The van der Waals surface area contributed by atoms with Crippen molar-refractivity contribution in [3.05, 3.63) is 58.9 Å². The van der Waals surface area contributed by atoms with E-state index in [2.05, 4.69) is 0 Å². The van der Waals surface area contributed by atoms with Crippen LogP contribution in [0, 0.1) is 5.82 Å². The number of rotatable bonds is 8. The average Bonchev–Trinajstić information content (AvgIpc) is 2.79. The SMILES string of the molecule is CCOP(=O)(OCC)C(F)(F)c1ccc(-c2ccc(F)c(C(F)(F)F)c2)cc1C1CCCCC1. The van der Waals surface area contributed by atoms with Gasteiger partial charge < -0.3 is 9.05 Å². The van der Waals surface area contributed by atoms with Gasteiger partial charge in [-0.3, -0.25) is 4.57 Å². The van der Waals surface area contributed by atoms with E-state index < -0.39 is 36.4 Å². The lowest BCUT2D eigenvalue weighted by atomic mass is 9.81. The first-order chi connectivity index (χ1) is 15.9. The fourth-order valence-corrected chi connectivity index (χ4v) is 5.95. The quantitative estimate of drug-likeness (QED) is 0.264. The highest BCUT2D eigenvalue weighted by atomic mass is 31.2. The molecule has 0 radical (unpaired) electrons. The molecule has 3 nitrogen and oxygen atoms in total. The van der Waals surface area contributed by atoms with Crippen molar-refractivity contribution in [3.8, 4) is 11.1 Å². The van der Waals surface area contributed by atoms with Crippen LogP contribution in [0.3, 0.4) is 0 Å². The maximum atomic E-state index is 15.7. The molecule has 0 saturated heterocycles. The minimum absolute atomic E-state index is 0.0402. The van der Waals surface area contributed by atoms with Crippen LogP contribution in [0.1, 0.15) is 68.6 Å². The molecule has 0 N–H and O–H groups in total. The number of hydrogen-bond acceptors (Lipinski definition) is 3. The van der Waals surface area contributed by atoms with Gasteiger partial charge in [0.15, 0.2) is 0 Å². The summed E-state index contributed by atoms with van der Waals surface area (Å²) in [5.74, 6) is -1.71. The van der Waals surface area contributed by atoms with Crippen molar-refractivity contribution in [2.75, 3.05) is 13.2 Å². The summed E-state index contributed by atoms with van der Waals surface area (Å²) < 4.78 is 108. The number of benzene rings is 2. The minimum atomic E-state index is -4.90. The number of alkyl halides is 5. The van der Waals surface area contributed by atoms with Crippen molar-refractivity contribution in [2.24, 2.45) is 0 Å². The molecular formula is C24H27F6O3P. The monoisotopic (exact) mass is 508 g/mol. The van der Waals surface area contributed by atoms with Gasteiger partial charge in [0.05, 0.1) is 18.8 Å². The predicted octanol–water partition coefficient (Wildman–Crippen LogP) is 8.87. The first kappa shape index (κ1) is 26.8. The van der Waals surface area contributed by atoms with Crippen LogP contribution >= 0.6 is 7.60 Å². The van der Waals surface area contributed by atoms with E-state index in [9.17, 15) is 22.1 Å². The molecule has 1 aliphatic carbocycles. The van der Waals surface area contributed by atoms with Crippen LogP contribution in [-0.4, -0.2) is 13.2 Å². The second-order valence-corrected chi connectivity index (χ2v) is 10.3. The summed E-state index contributed by atoms with van der Waals surface area (Å²) in [5.41, 5.74) is -5.46. The topological polar surface area (TPSA) is 35.5 Å². The lowest BCUT2D eigenvalue weighted by Crippen LogP contribution is -2.22. The molecule has 34 heavy (non-hydrogen) atoms. The van der Waals surface area contributed by atoms with Crippen molar-refractivity contribution in [1.29, 1.82) is 0 Å². The number of halogens is 6. The van der Waals surface area contributed by atoms with Gasteiger partial charge >= 0.3 is 19.4 Å². The molecule has 2 aromatic rings. The summed E-state index contributed by atoms with van der Waals surface area (Å²) in [7, 11) is -4.88. The Labute approximate surface area is 195 Å². The maximum Gasteiger partial charge on any atom is 0.419 e. The summed E-state index contributed by atoms with van der Waals surface area (Å²) in [5, 5.41) is 0. The van der Waals surface area contributed by atoms with Gasteiger partial charge in [-0.1, -0.05) is 43.5 Å². The van der Waals surface area contributed by atoms with Gasteiger partial charge in [0.2, 0.25) is 0 Å². The molecule has 0 atom stereocenters. The Morgan fingerprint density at radius 1 is 0.853 bits per heavy atom. The summed E-state index contributed by atoms with van der Waals surface area (Å²) in [6.45, 7) is 2.36. The van der Waals surface area contributed by atoms with Crippen LogP contribution in [0.25, 0.3) is 11.1 Å². The fraction of sp³-hybridized carbons (Fsp3) is 0.500. The Morgan fingerprint density at radius 2 is 1.41 bits per heavy atom. The second kappa shape index (κ2) is 10.4. The van der Waals surface area contributed by atoms with Crippen molar-refractivity contribution in [3.63, 3.8) is 0 Å². The van der Waals surface area contributed by atoms with Crippen LogP contribution < -0.4 is 0 Å². The first-order valence-electron chi connectivity index (χ1n) is 11.2. The molecule has 2 aromatic carbocycles. The van der Waals surface area contributed by atoms with E-state index in [4.69, 9.17) is 9.05 Å². The van der Waals surface area contributed by atoms with E-state index in [0.29, 0.717) is 25.0 Å². The normalized spacial score (nSPS) is 16.1. The van der Waals surface area contributed by atoms with E-state index in [1.807, 2.05) is 0 Å². The van der Waals surface area contributed by atoms with Crippen LogP contribution in [0.2, 0.25) is 0 Å². The van der Waals surface area contributed by atoms with Crippen molar-refractivity contribution in [2.45, 2.75) is 63.7 Å². The van der Waals surface area contributed by atoms with Crippen LogP contribution in [0.15, 0.2) is 36.4 Å². The van der Waals surface area contributed by atoms with Crippen molar-refractivity contribution < 1.29 is 40.0 Å². The molecule has 0 aliphatic heterocycles. The third-order valence-corrected chi connectivity index (χ3v) is 8.09. The highest BCUT2D eigenvalue weighted by Crippen LogP contribution is 2.67. The molecule has 1 saturated carbocycles. The van der Waals surface area contributed by atoms with E-state index >= 15 is 8.78 Å². The maximum absolute atomic E-state index is 15.7. The third kappa shape index (κ3) is 5.37. The Morgan fingerprint density at radius 3 is 1.97 bits per heavy atom. The Kier molecular flexibility index (Phi) is 8.21. The summed E-state index contributed by atoms with van der Waals surface area (Å²) in [4.78, 5) is 0. The summed E-state index contributed by atoms with van der Waals surface area (Å²) >= 11 is 0. The predicted molar refractivity (Wildman–Crippen MR) is 117 cm³/mol. The molecule has 3 rings (SSSR count). The zero-order valence-corrected chi connectivity index (χ0v) is 19.8. The zero-order valence-electron chi connectivity index (χ0n) is 18.9. The average molecular weight is 508 g/mol. The molecule has 0 spiro atoms. The number of hydrogen-bond donors (Lipinski definition) is 0. The molecule has 10 heteroatoms. The molecule has 1 fully saturated rings. The molecule has 0 bridgehead atoms. The van der Waals surface area contributed by atoms with E-state index in [0.717, 1.165) is 25.3 Å². The van der Waals surface area contributed by atoms with Gasteiger partial charge in [-0.25, -0.2) is 4.39 Å². The highest BCUT2D eigenvalue weighted by molar-refractivity contribution is 7.54.